The van der Waals surface area contributed by atoms with Crippen LogP contribution in [0.15, 0.2) is 18.3 Å². The van der Waals surface area contributed by atoms with Crippen LogP contribution in [0.1, 0.15) is 22.6 Å². The van der Waals surface area contributed by atoms with Gasteiger partial charge in [0.05, 0.1) is 17.1 Å². The van der Waals surface area contributed by atoms with Crippen LogP contribution in [0.25, 0.3) is 5.65 Å². The molecule has 20 heavy (non-hydrogen) atoms. The summed E-state index contributed by atoms with van der Waals surface area (Å²) in [6.07, 6.45) is 2.79. The minimum Gasteiger partial charge on any atom is -0.478 e. The Morgan fingerprint density at radius 3 is 2.90 bits per heavy atom. The quantitative estimate of drug-likeness (QED) is 0.879. The lowest BCUT2D eigenvalue weighted by Gasteiger charge is -2.05. The highest BCUT2D eigenvalue weighted by molar-refractivity contribution is 7.91. The SMILES string of the molecule is O=C(O)c1ccn2c(CC3CCS(=O)(=O)C3)nnc2c1. The fourth-order valence-electron chi connectivity index (χ4n) is 2.50. The van der Waals surface area contributed by atoms with Crippen LogP contribution in [-0.2, 0) is 16.3 Å². The van der Waals surface area contributed by atoms with Gasteiger partial charge in [0.2, 0.25) is 0 Å². The molecule has 3 rings (SSSR count). The largest absolute Gasteiger partial charge is 0.478 e. The average molecular weight is 295 g/mol. The Hall–Kier alpha value is -1.96. The Morgan fingerprint density at radius 2 is 2.25 bits per heavy atom. The standard InChI is InChI=1S/C12H13N3O4S/c16-12(17)9-1-3-15-10(13-14-11(15)6-9)5-8-2-4-20(18,19)7-8/h1,3,6,8H,2,4-5,7H2,(H,16,17). The zero-order valence-electron chi connectivity index (χ0n) is 10.6. The molecule has 0 aliphatic carbocycles. The van der Waals surface area contributed by atoms with Gasteiger partial charge in [0.15, 0.2) is 15.5 Å². The van der Waals surface area contributed by atoms with E-state index in [0.29, 0.717) is 24.3 Å². The number of aromatic carboxylic acids is 1. The van der Waals surface area contributed by atoms with E-state index in [9.17, 15) is 13.2 Å². The van der Waals surface area contributed by atoms with Gasteiger partial charge in [0, 0.05) is 12.6 Å². The van der Waals surface area contributed by atoms with E-state index in [1.54, 1.807) is 10.6 Å². The van der Waals surface area contributed by atoms with Crippen molar-refractivity contribution in [3.05, 3.63) is 29.7 Å². The molecule has 1 unspecified atom stereocenters. The summed E-state index contributed by atoms with van der Waals surface area (Å²) < 4.78 is 24.6. The maximum atomic E-state index is 11.4. The van der Waals surface area contributed by atoms with Crippen molar-refractivity contribution in [2.75, 3.05) is 11.5 Å². The van der Waals surface area contributed by atoms with Gasteiger partial charge in [0.1, 0.15) is 5.82 Å². The number of pyridine rings is 1. The van der Waals surface area contributed by atoms with Crippen LogP contribution in [0.3, 0.4) is 0 Å². The highest BCUT2D eigenvalue weighted by atomic mass is 32.2. The molecule has 2 aromatic rings. The first-order valence-corrected chi connectivity index (χ1v) is 8.04. The van der Waals surface area contributed by atoms with E-state index < -0.39 is 15.8 Å². The lowest BCUT2D eigenvalue weighted by molar-refractivity contribution is 0.0697. The monoisotopic (exact) mass is 295 g/mol. The first-order valence-electron chi connectivity index (χ1n) is 6.22. The van der Waals surface area contributed by atoms with Crippen LogP contribution >= 0.6 is 0 Å². The van der Waals surface area contributed by atoms with Crippen molar-refractivity contribution in [2.24, 2.45) is 5.92 Å². The second-order valence-electron chi connectivity index (χ2n) is 5.04. The molecule has 0 aromatic carbocycles. The number of hydrogen-bond acceptors (Lipinski definition) is 5. The summed E-state index contributed by atoms with van der Waals surface area (Å²) >= 11 is 0. The maximum absolute atomic E-state index is 11.4. The molecular weight excluding hydrogens is 282 g/mol. The van der Waals surface area contributed by atoms with Crippen LogP contribution in [0.5, 0.6) is 0 Å². The van der Waals surface area contributed by atoms with Crippen molar-refractivity contribution >= 4 is 21.5 Å². The average Bonchev–Trinajstić information content (AvgIpc) is 2.93. The smallest absolute Gasteiger partial charge is 0.335 e. The summed E-state index contributed by atoms with van der Waals surface area (Å²) in [4.78, 5) is 10.9. The Bertz CT molecular complexity index is 781. The van der Waals surface area contributed by atoms with E-state index in [0.717, 1.165) is 0 Å². The molecular formula is C12H13N3O4S. The predicted molar refractivity (Wildman–Crippen MR) is 70.4 cm³/mol. The summed E-state index contributed by atoms with van der Waals surface area (Å²) in [5.74, 6) is 0.136. The minimum atomic E-state index is -2.91. The second kappa shape index (κ2) is 4.55. The summed E-state index contributed by atoms with van der Waals surface area (Å²) in [6, 6.07) is 2.93. The van der Waals surface area contributed by atoms with Gasteiger partial charge in [-0.05, 0) is 24.5 Å². The number of carboxylic acids is 1. The molecule has 0 amide bonds. The van der Waals surface area contributed by atoms with E-state index in [1.807, 2.05) is 0 Å². The van der Waals surface area contributed by atoms with Crippen molar-refractivity contribution in [1.82, 2.24) is 14.6 Å². The highest BCUT2D eigenvalue weighted by Crippen LogP contribution is 2.22. The summed E-state index contributed by atoms with van der Waals surface area (Å²) in [7, 11) is -2.91. The van der Waals surface area contributed by atoms with Crippen molar-refractivity contribution < 1.29 is 18.3 Å². The molecule has 2 aromatic heterocycles. The van der Waals surface area contributed by atoms with Crippen molar-refractivity contribution in [2.45, 2.75) is 12.8 Å². The Kier molecular flexibility index (Phi) is 2.97. The van der Waals surface area contributed by atoms with Gasteiger partial charge < -0.3 is 5.11 Å². The van der Waals surface area contributed by atoms with Gasteiger partial charge in [-0.3, -0.25) is 4.40 Å². The molecule has 1 aliphatic rings. The maximum Gasteiger partial charge on any atom is 0.335 e. The summed E-state index contributed by atoms with van der Waals surface area (Å²) in [6.45, 7) is 0. The van der Waals surface area contributed by atoms with E-state index in [-0.39, 0.29) is 23.0 Å². The van der Waals surface area contributed by atoms with Gasteiger partial charge >= 0.3 is 5.97 Å². The van der Waals surface area contributed by atoms with E-state index in [2.05, 4.69) is 10.2 Å². The molecule has 7 nitrogen and oxygen atoms in total. The normalized spacial score (nSPS) is 21.3. The van der Waals surface area contributed by atoms with Crippen molar-refractivity contribution in [1.29, 1.82) is 0 Å². The van der Waals surface area contributed by atoms with Gasteiger partial charge in [-0.1, -0.05) is 0 Å². The number of hydrogen-bond donors (Lipinski definition) is 1. The molecule has 0 radical (unpaired) electrons. The predicted octanol–water partition coefficient (Wildman–Crippen LogP) is 0.405. The molecule has 1 aliphatic heterocycles. The van der Waals surface area contributed by atoms with Gasteiger partial charge in [-0.2, -0.15) is 0 Å². The number of rotatable bonds is 3. The van der Waals surface area contributed by atoms with Crippen LogP contribution in [0, 0.1) is 5.92 Å². The highest BCUT2D eigenvalue weighted by Gasteiger charge is 2.29. The minimum absolute atomic E-state index is 0.0616. The van der Waals surface area contributed by atoms with Gasteiger partial charge in [-0.25, -0.2) is 13.2 Å². The zero-order valence-corrected chi connectivity index (χ0v) is 11.4. The van der Waals surface area contributed by atoms with Crippen LogP contribution in [0.2, 0.25) is 0 Å². The Labute approximate surface area is 115 Å². The van der Waals surface area contributed by atoms with Crippen LogP contribution in [-0.4, -0.2) is 45.6 Å². The Balaban J connectivity index is 1.88. The number of carboxylic acid groups (broad SMARTS) is 1. The third-order valence-corrected chi connectivity index (χ3v) is 5.36. The zero-order chi connectivity index (χ0) is 14.3. The number of aromatic nitrogens is 3. The van der Waals surface area contributed by atoms with E-state index in [4.69, 9.17) is 5.11 Å². The van der Waals surface area contributed by atoms with Gasteiger partial charge in [0.25, 0.3) is 0 Å². The Morgan fingerprint density at radius 1 is 1.45 bits per heavy atom. The first kappa shape index (κ1) is 13.0. The van der Waals surface area contributed by atoms with E-state index >= 15 is 0 Å². The van der Waals surface area contributed by atoms with Crippen LogP contribution < -0.4 is 0 Å². The van der Waals surface area contributed by atoms with Crippen molar-refractivity contribution in [3.8, 4) is 0 Å². The molecule has 0 bridgehead atoms. The summed E-state index contributed by atoms with van der Waals surface area (Å²) in [5, 5.41) is 16.9. The van der Waals surface area contributed by atoms with Crippen LogP contribution in [0.4, 0.5) is 0 Å². The molecule has 0 saturated carbocycles. The molecule has 1 N–H and O–H groups in total. The molecule has 3 heterocycles. The number of carbonyl (C=O) groups is 1. The number of fused-ring (bicyclic) bond motifs is 1. The molecule has 1 fully saturated rings. The van der Waals surface area contributed by atoms with E-state index in [1.165, 1.54) is 12.1 Å². The second-order valence-corrected chi connectivity index (χ2v) is 7.27. The molecule has 8 heteroatoms. The fourth-order valence-corrected chi connectivity index (χ4v) is 4.37. The lowest BCUT2D eigenvalue weighted by Crippen LogP contribution is -2.10. The first-order chi connectivity index (χ1) is 9.44. The fraction of sp³-hybridized carbons (Fsp3) is 0.417. The van der Waals surface area contributed by atoms with Crippen molar-refractivity contribution in [3.63, 3.8) is 0 Å². The topological polar surface area (TPSA) is 102 Å². The molecule has 0 spiro atoms. The molecule has 1 saturated heterocycles. The number of sulfone groups is 1. The number of nitrogens with zero attached hydrogens (tertiary/aromatic N) is 3. The lowest BCUT2D eigenvalue weighted by atomic mass is 10.1. The molecule has 1 atom stereocenters. The summed E-state index contributed by atoms with van der Waals surface area (Å²) in [5.41, 5.74) is 0.612. The third kappa shape index (κ3) is 2.38. The molecule has 106 valence electrons. The third-order valence-electron chi connectivity index (χ3n) is 3.53. The van der Waals surface area contributed by atoms with Gasteiger partial charge in [-0.15, -0.1) is 10.2 Å².